The molecule has 3 N–H and O–H groups in total. The first-order valence-electron chi connectivity index (χ1n) is 10.8. The number of benzene rings is 1. The number of methoxy groups -OCH3 is 1. The summed E-state index contributed by atoms with van der Waals surface area (Å²) in [5.74, 6) is 0.415. The Kier molecular flexibility index (Phi) is 7.71. The lowest BCUT2D eigenvalue weighted by Crippen LogP contribution is -2.31. The summed E-state index contributed by atoms with van der Waals surface area (Å²) < 4.78 is 16.7. The third kappa shape index (κ3) is 5.77. The van der Waals surface area contributed by atoms with E-state index in [4.69, 9.17) is 14.2 Å². The van der Waals surface area contributed by atoms with Crippen molar-refractivity contribution in [1.29, 1.82) is 0 Å². The van der Waals surface area contributed by atoms with E-state index < -0.39 is 5.91 Å². The number of H-pyrrole nitrogens is 1. The highest BCUT2D eigenvalue weighted by Crippen LogP contribution is 2.23. The standard InChI is InChI=1S/C23H27N3O6S/c1-30-17-4-2-3-14(7-17)8-24-22(29)20-25-21(28)19-16(13-33-23(19)26-20)11-31-12-18-6-5-15(9-27)10-32-18/h2-4,7,13,15,18,27H,5-6,8-12H2,1H3,(H,24,29)(H,25,26,28). The molecule has 10 heteroatoms. The van der Waals surface area contributed by atoms with Crippen molar-refractivity contribution in [2.75, 3.05) is 26.9 Å². The van der Waals surface area contributed by atoms with Crippen LogP contribution >= 0.6 is 11.3 Å². The highest BCUT2D eigenvalue weighted by atomic mass is 32.1. The number of amides is 1. The summed E-state index contributed by atoms with van der Waals surface area (Å²) in [5.41, 5.74) is 1.23. The van der Waals surface area contributed by atoms with Crippen LogP contribution in [0.5, 0.6) is 5.75 Å². The molecule has 33 heavy (non-hydrogen) atoms. The average molecular weight is 474 g/mol. The van der Waals surface area contributed by atoms with Gasteiger partial charge in [-0.1, -0.05) is 12.1 Å². The summed E-state index contributed by atoms with van der Waals surface area (Å²) in [7, 11) is 1.58. The number of aromatic amines is 1. The van der Waals surface area contributed by atoms with Gasteiger partial charge >= 0.3 is 0 Å². The quantitative estimate of drug-likeness (QED) is 0.435. The number of carbonyl (C=O) groups is 1. The second-order valence-electron chi connectivity index (χ2n) is 7.99. The molecule has 176 valence electrons. The van der Waals surface area contributed by atoms with Gasteiger partial charge in [0.15, 0.2) is 0 Å². The van der Waals surface area contributed by atoms with Crippen molar-refractivity contribution in [2.45, 2.75) is 32.1 Å². The molecule has 3 heterocycles. The van der Waals surface area contributed by atoms with Gasteiger partial charge in [0.05, 0.1) is 38.4 Å². The molecule has 1 fully saturated rings. The molecule has 0 aliphatic carbocycles. The number of rotatable bonds is 9. The number of aliphatic hydroxyl groups is 1. The zero-order valence-corrected chi connectivity index (χ0v) is 19.2. The highest BCUT2D eigenvalue weighted by Gasteiger charge is 2.22. The molecule has 1 aromatic carbocycles. The van der Waals surface area contributed by atoms with Gasteiger partial charge in [0.2, 0.25) is 5.82 Å². The molecule has 0 saturated carbocycles. The van der Waals surface area contributed by atoms with Crippen LogP contribution in [0.3, 0.4) is 0 Å². The number of nitrogens with zero attached hydrogens (tertiary/aromatic N) is 1. The predicted octanol–water partition coefficient (Wildman–Crippen LogP) is 2.23. The summed E-state index contributed by atoms with van der Waals surface area (Å²) in [6.07, 6.45) is 1.75. The van der Waals surface area contributed by atoms with Crippen molar-refractivity contribution in [1.82, 2.24) is 15.3 Å². The van der Waals surface area contributed by atoms with Gasteiger partial charge in [0.25, 0.3) is 11.5 Å². The fourth-order valence-electron chi connectivity index (χ4n) is 3.71. The van der Waals surface area contributed by atoms with E-state index in [0.717, 1.165) is 24.0 Å². The minimum atomic E-state index is -0.460. The molecule has 9 nitrogen and oxygen atoms in total. The average Bonchev–Trinajstić information content (AvgIpc) is 3.26. The van der Waals surface area contributed by atoms with Gasteiger partial charge in [0, 0.05) is 24.6 Å². The van der Waals surface area contributed by atoms with Crippen molar-refractivity contribution in [3.05, 3.63) is 57.0 Å². The lowest BCUT2D eigenvalue weighted by Gasteiger charge is -2.27. The van der Waals surface area contributed by atoms with Gasteiger partial charge in [-0.3, -0.25) is 9.59 Å². The van der Waals surface area contributed by atoms with Crippen LogP contribution in [0.15, 0.2) is 34.4 Å². The lowest BCUT2D eigenvalue weighted by molar-refractivity contribution is -0.0717. The Morgan fingerprint density at radius 3 is 3.03 bits per heavy atom. The molecular formula is C23H27N3O6S. The van der Waals surface area contributed by atoms with Crippen LogP contribution in [0.1, 0.15) is 34.6 Å². The summed E-state index contributed by atoms with van der Waals surface area (Å²) in [5, 5.41) is 14.2. The maximum Gasteiger partial charge on any atom is 0.287 e. The molecule has 1 saturated heterocycles. The number of nitrogens with one attached hydrogen (secondary N) is 2. The molecule has 0 bridgehead atoms. The second kappa shape index (κ2) is 10.9. The van der Waals surface area contributed by atoms with Crippen molar-refractivity contribution in [3.63, 3.8) is 0 Å². The molecule has 0 radical (unpaired) electrons. The van der Waals surface area contributed by atoms with Crippen LogP contribution in [-0.4, -0.2) is 54.0 Å². The fraction of sp³-hybridized carbons (Fsp3) is 0.435. The van der Waals surface area contributed by atoms with E-state index >= 15 is 0 Å². The van der Waals surface area contributed by atoms with E-state index in [-0.39, 0.29) is 43.2 Å². The van der Waals surface area contributed by atoms with Gasteiger partial charge in [-0.15, -0.1) is 11.3 Å². The molecule has 2 unspecified atom stereocenters. The summed E-state index contributed by atoms with van der Waals surface area (Å²) in [4.78, 5) is 32.6. The van der Waals surface area contributed by atoms with E-state index in [1.54, 1.807) is 7.11 Å². The minimum Gasteiger partial charge on any atom is -0.497 e. The Balaban J connectivity index is 1.36. The maximum absolute atomic E-state index is 12.7. The first kappa shape index (κ1) is 23.4. The smallest absolute Gasteiger partial charge is 0.287 e. The van der Waals surface area contributed by atoms with Crippen molar-refractivity contribution in [3.8, 4) is 5.75 Å². The molecule has 3 aromatic rings. The summed E-state index contributed by atoms with van der Waals surface area (Å²) >= 11 is 1.30. The first-order chi connectivity index (χ1) is 16.1. The molecular weight excluding hydrogens is 446 g/mol. The Bertz CT molecular complexity index is 1150. The third-order valence-corrected chi connectivity index (χ3v) is 6.53. The van der Waals surface area contributed by atoms with Gasteiger partial charge in [-0.25, -0.2) is 4.98 Å². The van der Waals surface area contributed by atoms with Crippen LogP contribution in [0.25, 0.3) is 10.2 Å². The number of hydrogen-bond donors (Lipinski definition) is 3. The number of thiophene rings is 1. The monoisotopic (exact) mass is 473 g/mol. The topological polar surface area (TPSA) is 123 Å². The van der Waals surface area contributed by atoms with E-state index in [1.807, 2.05) is 29.6 Å². The van der Waals surface area contributed by atoms with E-state index in [1.165, 1.54) is 11.3 Å². The van der Waals surface area contributed by atoms with Crippen LogP contribution in [0.2, 0.25) is 0 Å². The Morgan fingerprint density at radius 1 is 1.39 bits per heavy atom. The summed E-state index contributed by atoms with van der Waals surface area (Å²) in [6, 6.07) is 7.37. The van der Waals surface area contributed by atoms with Crippen LogP contribution in [-0.2, 0) is 22.6 Å². The number of hydrogen-bond acceptors (Lipinski definition) is 8. The summed E-state index contributed by atoms with van der Waals surface area (Å²) in [6.45, 7) is 1.65. The molecule has 2 aromatic heterocycles. The second-order valence-corrected chi connectivity index (χ2v) is 8.84. The van der Waals surface area contributed by atoms with E-state index in [0.29, 0.717) is 29.2 Å². The normalized spacial score (nSPS) is 18.4. The Morgan fingerprint density at radius 2 is 2.27 bits per heavy atom. The number of aliphatic hydroxyl groups excluding tert-OH is 1. The van der Waals surface area contributed by atoms with Gasteiger partial charge in [-0.2, -0.15) is 0 Å². The molecule has 0 spiro atoms. The number of aromatic nitrogens is 2. The Labute approximate surface area is 194 Å². The largest absolute Gasteiger partial charge is 0.497 e. The minimum absolute atomic E-state index is 0.00556. The van der Waals surface area contributed by atoms with Crippen LogP contribution < -0.4 is 15.6 Å². The molecule has 1 aliphatic rings. The van der Waals surface area contributed by atoms with Crippen LogP contribution in [0, 0.1) is 5.92 Å². The van der Waals surface area contributed by atoms with Gasteiger partial charge in [-0.05, 0) is 35.9 Å². The van der Waals surface area contributed by atoms with Crippen molar-refractivity contribution < 1.29 is 24.1 Å². The van der Waals surface area contributed by atoms with E-state index in [2.05, 4.69) is 15.3 Å². The zero-order valence-electron chi connectivity index (χ0n) is 18.3. The molecule has 4 rings (SSSR count). The lowest BCUT2D eigenvalue weighted by atomic mass is 10.00. The maximum atomic E-state index is 12.7. The van der Waals surface area contributed by atoms with Crippen molar-refractivity contribution in [2.24, 2.45) is 5.92 Å². The Hall–Kier alpha value is -2.79. The fourth-order valence-corrected chi connectivity index (χ4v) is 4.63. The first-order valence-corrected chi connectivity index (χ1v) is 11.7. The number of carbonyl (C=O) groups excluding carboxylic acids is 1. The van der Waals surface area contributed by atoms with Crippen molar-refractivity contribution >= 4 is 27.5 Å². The van der Waals surface area contributed by atoms with Gasteiger partial charge in [0.1, 0.15) is 10.6 Å². The number of fused-ring (bicyclic) bond motifs is 1. The van der Waals surface area contributed by atoms with Gasteiger partial charge < -0.3 is 29.6 Å². The van der Waals surface area contributed by atoms with E-state index in [9.17, 15) is 14.7 Å². The predicted molar refractivity (Wildman–Crippen MR) is 124 cm³/mol. The highest BCUT2D eigenvalue weighted by molar-refractivity contribution is 7.16. The van der Waals surface area contributed by atoms with Crippen LogP contribution in [0.4, 0.5) is 0 Å². The third-order valence-electron chi connectivity index (χ3n) is 5.61. The molecule has 1 amide bonds. The zero-order chi connectivity index (χ0) is 23.2. The number of ether oxygens (including phenoxy) is 3. The molecule has 1 aliphatic heterocycles. The molecule has 2 atom stereocenters. The SMILES string of the molecule is COc1cccc(CNC(=O)c2nc3scc(COCC4CCC(CO)CO4)c3c(=O)[nH]2)c1.